The third-order valence-corrected chi connectivity index (χ3v) is 9.76. The lowest BCUT2D eigenvalue weighted by Crippen LogP contribution is -2.40. The van der Waals surface area contributed by atoms with Gasteiger partial charge in [0.05, 0.1) is 10.6 Å². The molecule has 0 spiro atoms. The van der Waals surface area contributed by atoms with E-state index in [2.05, 4.69) is 0 Å². The second-order valence-corrected chi connectivity index (χ2v) is 12.0. The topological polar surface area (TPSA) is 102 Å². The molecule has 204 valence electrons. The van der Waals surface area contributed by atoms with E-state index in [1.165, 1.54) is 16.4 Å². The number of piperidine rings is 1. The molecule has 39 heavy (non-hydrogen) atoms. The smallest absolute Gasteiger partial charge is 0.258 e. The van der Waals surface area contributed by atoms with E-state index in [9.17, 15) is 18.0 Å². The van der Waals surface area contributed by atoms with Gasteiger partial charge in [0.15, 0.2) is 11.5 Å². The Kier molecular flexibility index (Phi) is 6.78. The monoisotopic (exact) mass is 550 g/mol. The second-order valence-electron chi connectivity index (χ2n) is 10.1. The molecule has 3 heterocycles. The van der Waals surface area contributed by atoms with E-state index >= 15 is 0 Å². The highest BCUT2D eigenvalue weighted by molar-refractivity contribution is 7.89. The lowest BCUT2D eigenvalue weighted by molar-refractivity contribution is -0.123. The van der Waals surface area contributed by atoms with Gasteiger partial charge >= 0.3 is 0 Å². The predicted molar refractivity (Wildman–Crippen MR) is 145 cm³/mol. The molecule has 0 aliphatic carbocycles. The number of benzene rings is 3. The lowest BCUT2D eigenvalue weighted by Gasteiger charge is -2.30. The van der Waals surface area contributed by atoms with Crippen LogP contribution in [0.5, 0.6) is 11.5 Å². The largest absolute Gasteiger partial charge is 0.454 e. The van der Waals surface area contributed by atoms with Crippen LogP contribution in [0.25, 0.3) is 10.8 Å². The summed E-state index contributed by atoms with van der Waals surface area (Å²) in [6.45, 7) is 1.79. The maximum atomic E-state index is 13.4. The first-order valence-electron chi connectivity index (χ1n) is 13.2. The van der Waals surface area contributed by atoms with Gasteiger partial charge in [-0.05, 0) is 54.5 Å². The Morgan fingerprint density at radius 1 is 1.05 bits per heavy atom. The number of methoxy groups -OCH3 is 1. The SMILES string of the molecule is COCCCN1C(=O)c2cccc3c(CC(=O)C4CCN(S(=O)(=O)c5ccc6c(c5)OCO6)CC4)ccc1c23. The summed E-state index contributed by atoms with van der Waals surface area (Å²) in [6, 6.07) is 14.2. The molecule has 0 N–H and O–H groups in total. The first-order valence-corrected chi connectivity index (χ1v) is 14.6. The standard InChI is InChI=1S/C29H30N2O7S/c1-36-15-3-12-31-24-8-6-20(22-4-2-5-23(28(22)24)29(31)33)16-25(32)19-10-13-30(14-11-19)39(34,35)21-7-9-26-27(17-21)38-18-37-26/h2,4-9,17,19H,3,10-16,18H2,1H3. The number of fused-ring (bicyclic) bond motifs is 1. The quantitative estimate of drug-likeness (QED) is 0.374. The lowest BCUT2D eigenvalue weighted by atomic mass is 9.88. The molecule has 0 atom stereocenters. The maximum absolute atomic E-state index is 13.4. The van der Waals surface area contributed by atoms with E-state index < -0.39 is 10.0 Å². The molecule has 1 saturated heterocycles. The molecule has 0 saturated carbocycles. The van der Waals surface area contributed by atoms with Crippen LogP contribution in [0.1, 0.15) is 35.2 Å². The summed E-state index contributed by atoms with van der Waals surface area (Å²) < 4.78 is 43.6. The molecule has 10 heteroatoms. The first kappa shape index (κ1) is 25.8. The van der Waals surface area contributed by atoms with E-state index in [1.807, 2.05) is 30.3 Å². The van der Waals surface area contributed by atoms with Crippen molar-refractivity contribution in [2.24, 2.45) is 5.92 Å². The zero-order valence-corrected chi connectivity index (χ0v) is 22.5. The minimum Gasteiger partial charge on any atom is -0.454 e. The Bertz CT molecular complexity index is 1560. The van der Waals surface area contributed by atoms with Crippen LogP contribution in [0.4, 0.5) is 5.69 Å². The number of hydrogen-bond donors (Lipinski definition) is 0. The molecule has 0 aromatic heterocycles. The number of anilines is 1. The van der Waals surface area contributed by atoms with Gasteiger partial charge < -0.3 is 19.1 Å². The summed E-state index contributed by atoms with van der Waals surface area (Å²) in [4.78, 5) is 28.4. The number of ketones is 1. The van der Waals surface area contributed by atoms with Crippen LogP contribution >= 0.6 is 0 Å². The van der Waals surface area contributed by atoms with Crippen molar-refractivity contribution in [2.75, 3.05) is 45.0 Å². The van der Waals surface area contributed by atoms with Crippen molar-refractivity contribution >= 4 is 38.2 Å². The van der Waals surface area contributed by atoms with Gasteiger partial charge in [-0.15, -0.1) is 0 Å². The number of ether oxygens (including phenoxy) is 3. The van der Waals surface area contributed by atoms with Gasteiger partial charge in [-0.25, -0.2) is 8.42 Å². The maximum Gasteiger partial charge on any atom is 0.258 e. The van der Waals surface area contributed by atoms with Crippen molar-refractivity contribution in [1.82, 2.24) is 4.31 Å². The van der Waals surface area contributed by atoms with Crippen molar-refractivity contribution in [3.8, 4) is 11.5 Å². The number of carbonyl (C=O) groups excluding carboxylic acids is 2. The molecule has 3 aliphatic rings. The summed E-state index contributed by atoms with van der Waals surface area (Å²) in [7, 11) is -2.05. The highest BCUT2D eigenvalue weighted by Crippen LogP contribution is 2.40. The fourth-order valence-corrected chi connectivity index (χ4v) is 7.27. The molecular formula is C29H30N2O7S. The zero-order chi connectivity index (χ0) is 27.1. The van der Waals surface area contributed by atoms with E-state index in [0.717, 1.165) is 28.4 Å². The van der Waals surface area contributed by atoms with Crippen molar-refractivity contribution in [3.63, 3.8) is 0 Å². The highest BCUT2D eigenvalue weighted by Gasteiger charge is 2.34. The zero-order valence-electron chi connectivity index (χ0n) is 21.7. The van der Waals surface area contributed by atoms with Gasteiger partial charge in [0, 0.05) is 62.7 Å². The third kappa shape index (κ3) is 4.56. The van der Waals surface area contributed by atoms with Crippen molar-refractivity contribution in [1.29, 1.82) is 0 Å². The van der Waals surface area contributed by atoms with Crippen molar-refractivity contribution < 1.29 is 32.2 Å². The predicted octanol–water partition coefficient (Wildman–Crippen LogP) is 3.78. The molecule has 1 amide bonds. The van der Waals surface area contributed by atoms with E-state index in [4.69, 9.17) is 14.2 Å². The fourth-order valence-electron chi connectivity index (χ4n) is 5.79. The van der Waals surface area contributed by atoms with Gasteiger partial charge in [0.2, 0.25) is 16.8 Å². The average Bonchev–Trinajstić information content (AvgIpc) is 3.53. The van der Waals surface area contributed by atoms with Gasteiger partial charge in [-0.1, -0.05) is 18.2 Å². The number of carbonyl (C=O) groups is 2. The number of hydrogen-bond acceptors (Lipinski definition) is 7. The first-order chi connectivity index (χ1) is 18.9. The molecule has 0 unspecified atom stereocenters. The molecule has 0 bridgehead atoms. The van der Waals surface area contributed by atoms with Crippen LogP contribution in [0.2, 0.25) is 0 Å². The Hall–Kier alpha value is -3.47. The molecule has 0 radical (unpaired) electrons. The number of nitrogens with zero attached hydrogens (tertiary/aromatic N) is 2. The normalized spacial score (nSPS) is 17.4. The van der Waals surface area contributed by atoms with Gasteiger partial charge in [-0.3, -0.25) is 9.59 Å². The molecule has 1 fully saturated rings. The Morgan fingerprint density at radius 2 is 1.85 bits per heavy atom. The molecule has 3 aromatic rings. The molecule has 6 rings (SSSR count). The number of rotatable bonds is 9. The second kappa shape index (κ2) is 10.3. The van der Waals surface area contributed by atoms with E-state index in [1.54, 1.807) is 18.1 Å². The van der Waals surface area contributed by atoms with Crippen LogP contribution in [-0.4, -0.2) is 64.6 Å². The average molecular weight is 551 g/mol. The number of Topliss-reactive ketones (excluding diaryl/α,β-unsaturated/α-hetero) is 1. The van der Waals surface area contributed by atoms with Gasteiger partial charge in [0.25, 0.3) is 5.91 Å². The van der Waals surface area contributed by atoms with Crippen LogP contribution in [0.15, 0.2) is 53.4 Å². The van der Waals surface area contributed by atoms with Crippen molar-refractivity contribution in [2.45, 2.75) is 30.6 Å². The number of amides is 1. The summed E-state index contributed by atoms with van der Waals surface area (Å²) in [5.41, 5.74) is 2.43. The van der Waals surface area contributed by atoms with Crippen LogP contribution in [0, 0.1) is 5.92 Å². The molecule has 9 nitrogen and oxygen atoms in total. The van der Waals surface area contributed by atoms with Crippen LogP contribution < -0.4 is 14.4 Å². The van der Waals surface area contributed by atoms with E-state index in [-0.39, 0.29) is 48.8 Å². The number of sulfonamides is 1. The van der Waals surface area contributed by atoms with Crippen molar-refractivity contribution in [3.05, 3.63) is 59.7 Å². The highest BCUT2D eigenvalue weighted by atomic mass is 32.2. The van der Waals surface area contributed by atoms with Gasteiger partial charge in [0.1, 0.15) is 5.78 Å². The minimum absolute atomic E-state index is 0.0220. The van der Waals surface area contributed by atoms with Crippen LogP contribution in [0.3, 0.4) is 0 Å². The Balaban J connectivity index is 1.15. The van der Waals surface area contributed by atoms with E-state index in [0.29, 0.717) is 43.1 Å². The molecule has 3 aliphatic heterocycles. The minimum atomic E-state index is -3.70. The fraction of sp³-hybridized carbons (Fsp3) is 0.379. The Labute approximate surface area is 227 Å². The summed E-state index contributed by atoms with van der Waals surface area (Å²) in [5, 5.41) is 1.82. The Morgan fingerprint density at radius 3 is 2.64 bits per heavy atom. The summed E-state index contributed by atoms with van der Waals surface area (Å²) in [6.07, 6.45) is 1.92. The molecule has 3 aromatic carbocycles. The summed E-state index contributed by atoms with van der Waals surface area (Å²) >= 11 is 0. The third-order valence-electron chi connectivity index (χ3n) is 7.86. The van der Waals surface area contributed by atoms with Gasteiger partial charge in [-0.2, -0.15) is 4.31 Å². The van der Waals surface area contributed by atoms with Crippen LogP contribution in [-0.2, 0) is 26.0 Å². The molecular weight excluding hydrogens is 520 g/mol. The summed E-state index contributed by atoms with van der Waals surface area (Å²) in [5.74, 6) is 0.808.